The van der Waals surface area contributed by atoms with Crippen LogP contribution >= 0.6 is 22.7 Å². The highest BCUT2D eigenvalue weighted by Gasteiger charge is 2.20. The van der Waals surface area contributed by atoms with Crippen LogP contribution in [-0.2, 0) is 0 Å². The molecule has 0 atom stereocenters. The summed E-state index contributed by atoms with van der Waals surface area (Å²) in [6, 6.07) is 85.7. The van der Waals surface area contributed by atoms with Crippen molar-refractivity contribution in [3.05, 3.63) is 231 Å². The highest BCUT2D eigenvalue weighted by Crippen LogP contribution is 2.45. The zero-order chi connectivity index (χ0) is 44.5. The molecule has 4 aromatic heterocycles. The van der Waals surface area contributed by atoms with Gasteiger partial charge in [-0.25, -0.2) is 0 Å². The van der Waals surface area contributed by atoms with Gasteiger partial charge in [-0.2, -0.15) is 0 Å². The summed E-state index contributed by atoms with van der Waals surface area (Å²) in [5, 5.41) is 12.8. The highest BCUT2D eigenvalue weighted by atomic mass is 32.1. The molecule has 0 N–H and O–H groups in total. The van der Waals surface area contributed by atoms with Crippen molar-refractivity contribution in [2.45, 2.75) is 0 Å². The van der Waals surface area contributed by atoms with Gasteiger partial charge in [0.15, 0.2) is 0 Å². The number of aromatic nitrogens is 2. The van der Waals surface area contributed by atoms with Crippen molar-refractivity contribution in [2.24, 2.45) is 0 Å². The van der Waals surface area contributed by atoms with Crippen LogP contribution in [0.25, 0.3) is 139 Å². The van der Waals surface area contributed by atoms with Crippen molar-refractivity contribution in [3.63, 3.8) is 0 Å². The molecule has 0 bridgehead atoms. The van der Waals surface area contributed by atoms with Gasteiger partial charge in [0.25, 0.3) is 0 Å². The molecule has 0 radical (unpaired) electrons. The van der Waals surface area contributed by atoms with Crippen LogP contribution in [0.15, 0.2) is 231 Å². The van der Waals surface area contributed by atoms with Crippen LogP contribution in [-0.4, -0.2) is 9.13 Å². The molecule has 4 heteroatoms. The second kappa shape index (κ2) is 14.6. The van der Waals surface area contributed by atoms with E-state index >= 15 is 0 Å². The number of benzene rings is 11. The summed E-state index contributed by atoms with van der Waals surface area (Å²) in [6.07, 6.45) is 0. The van der Waals surface area contributed by atoms with E-state index in [0.717, 1.165) is 5.69 Å². The van der Waals surface area contributed by atoms with Gasteiger partial charge >= 0.3 is 0 Å². The van der Waals surface area contributed by atoms with Gasteiger partial charge in [0, 0.05) is 62.9 Å². The molecule has 0 aliphatic rings. The fraction of sp³-hybridized carbons (Fsp3) is 0. The topological polar surface area (TPSA) is 9.86 Å². The fourth-order valence-corrected chi connectivity index (χ4v) is 13.6. The molecule has 11 aromatic carbocycles. The molecule has 2 nitrogen and oxygen atoms in total. The van der Waals surface area contributed by atoms with E-state index in [-0.39, 0.29) is 0 Å². The third kappa shape index (κ3) is 5.56. The zero-order valence-electron chi connectivity index (χ0n) is 36.7. The summed E-state index contributed by atoms with van der Waals surface area (Å²) in [7, 11) is 0. The SMILES string of the molecule is c1ccc(-c2ccc3c(c2)c2cc(-c4ccc5c(c4)c4c6ccccc6ccc4n5-c4ccc(-c5cccc6c5sc5ccccc56)cc4)ccc2n3-c2cccc3c2sc2ccccc23)cc1. The van der Waals surface area contributed by atoms with E-state index in [1.54, 1.807) is 0 Å². The first-order valence-electron chi connectivity index (χ1n) is 23.2. The lowest BCUT2D eigenvalue weighted by Gasteiger charge is -2.11. The quantitative estimate of drug-likeness (QED) is 0.163. The minimum atomic E-state index is 1.15. The first-order valence-corrected chi connectivity index (χ1v) is 24.9. The Balaban J connectivity index is 0.919. The molecule has 15 aromatic rings. The highest BCUT2D eigenvalue weighted by molar-refractivity contribution is 7.26. The summed E-state index contributed by atoms with van der Waals surface area (Å²) in [5.41, 5.74) is 14.5. The van der Waals surface area contributed by atoms with E-state index in [0.29, 0.717) is 0 Å². The minimum Gasteiger partial charge on any atom is -0.309 e. The molecule has 4 heterocycles. The van der Waals surface area contributed by atoms with Crippen molar-refractivity contribution in [1.29, 1.82) is 0 Å². The van der Waals surface area contributed by atoms with Crippen molar-refractivity contribution in [1.82, 2.24) is 9.13 Å². The third-order valence-electron chi connectivity index (χ3n) is 14.3. The Morgan fingerprint density at radius 3 is 1.50 bits per heavy atom. The molecule has 0 unspecified atom stereocenters. The first-order chi connectivity index (χ1) is 33.7. The Hall–Kier alpha value is -8.28. The van der Waals surface area contributed by atoms with Crippen molar-refractivity contribution < 1.29 is 0 Å². The molecular weight excluding hydrogens is 861 g/mol. The second-order valence-corrected chi connectivity index (χ2v) is 20.1. The zero-order valence-corrected chi connectivity index (χ0v) is 38.3. The average molecular weight is 899 g/mol. The van der Waals surface area contributed by atoms with E-state index in [1.807, 2.05) is 22.7 Å². The Morgan fingerprint density at radius 1 is 0.279 bits per heavy atom. The number of thiophene rings is 2. The standard InChI is InChI=1S/C64H38N2S2/c1-2-12-39(13-3-1)42-27-32-55-52(36-42)53-37-43(28-33-56(53)66(55)59-21-11-20-51-49-17-7-9-23-61(49)68-64(51)59)44-29-34-57-54(38-44)62-46-15-5-4-14-40(46)26-35-58(62)65(57)45-30-24-41(25-31-45)47-18-10-19-50-48-16-6-8-22-60(48)67-63(47)50/h1-38H. The van der Waals surface area contributed by atoms with Crippen LogP contribution in [0.4, 0.5) is 0 Å². The van der Waals surface area contributed by atoms with Gasteiger partial charge in [-0.3, -0.25) is 0 Å². The molecular formula is C64H38N2S2. The predicted molar refractivity (Wildman–Crippen MR) is 295 cm³/mol. The number of hydrogen-bond acceptors (Lipinski definition) is 2. The Bertz CT molecular complexity index is 4540. The van der Waals surface area contributed by atoms with Crippen molar-refractivity contribution in [3.8, 4) is 44.8 Å². The molecule has 0 saturated carbocycles. The number of hydrogen-bond donors (Lipinski definition) is 0. The summed E-state index contributed by atoms with van der Waals surface area (Å²) in [5.74, 6) is 0. The molecule has 0 spiro atoms. The number of fused-ring (bicyclic) bond motifs is 14. The maximum absolute atomic E-state index is 2.50. The molecule has 316 valence electrons. The maximum Gasteiger partial charge on any atom is 0.0640 e. The molecule has 0 fully saturated rings. The Labute approximate surface area is 399 Å². The van der Waals surface area contributed by atoms with Crippen molar-refractivity contribution >= 4 is 117 Å². The van der Waals surface area contributed by atoms with E-state index in [9.17, 15) is 0 Å². The molecule has 0 aliphatic carbocycles. The monoisotopic (exact) mass is 898 g/mol. The normalized spacial score (nSPS) is 12.1. The molecule has 0 amide bonds. The third-order valence-corrected chi connectivity index (χ3v) is 16.8. The second-order valence-electron chi connectivity index (χ2n) is 18.0. The van der Waals surface area contributed by atoms with Crippen LogP contribution in [0.3, 0.4) is 0 Å². The van der Waals surface area contributed by atoms with Gasteiger partial charge in [-0.05, 0) is 117 Å². The summed E-state index contributed by atoms with van der Waals surface area (Å²) in [4.78, 5) is 0. The van der Waals surface area contributed by atoms with E-state index in [2.05, 4.69) is 240 Å². The van der Waals surface area contributed by atoms with Gasteiger partial charge in [-0.1, -0.05) is 158 Å². The van der Waals surface area contributed by atoms with Crippen LogP contribution in [0.5, 0.6) is 0 Å². The first kappa shape index (κ1) is 37.9. The molecule has 68 heavy (non-hydrogen) atoms. The predicted octanol–water partition coefficient (Wildman–Crippen LogP) is 18.8. The van der Waals surface area contributed by atoms with E-state index < -0.39 is 0 Å². The molecule has 0 aliphatic heterocycles. The van der Waals surface area contributed by atoms with Crippen LogP contribution in [0, 0.1) is 0 Å². The summed E-state index contributed by atoms with van der Waals surface area (Å²) in [6.45, 7) is 0. The van der Waals surface area contributed by atoms with E-state index in [4.69, 9.17) is 0 Å². The minimum absolute atomic E-state index is 1.15. The fourth-order valence-electron chi connectivity index (χ4n) is 11.2. The van der Waals surface area contributed by atoms with Gasteiger partial charge in [0.2, 0.25) is 0 Å². The van der Waals surface area contributed by atoms with Gasteiger partial charge in [0.05, 0.1) is 32.5 Å². The van der Waals surface area contributed by atoms with Crippen LogP contribution < -0.4 is 0 Å². The molecule has 0 saturated heterocycles. The maximum atomic E-state index is 2.50. The van der Waals surface area contributed by atoms with E-state index in [1.165, 1.54) is 134 Å². The lowest BCUT2D eigenvalue weighted by atomic mass is 9.98. The Morgan fingerprint density at radius 2 is 0.794 bits per heavy atom. The summed E-state index contributed by atoms with van der Waals surface area (Å²) < 4.78 is 10.2. The Kier molecular flexibility index (Phi) is 8.14. The van der Waals surface area contributed by atoms with Gasteiger partial charge < -0.3 is 9.13 Å². The summed E-state index contributed by atoms with van der Waals surface area (Å²) >= 11 is 3.77. The average Bonchev–Trinajstić information content (AvgIpc) is 4.16. The van der Waals surface area contributed by atoms with Crippen LogP contribution in [0.1, 0.15) is 0 Å². The lowest BCUT2D eigenvalue weighted by Crippen LogP contribution is -1.94. The number of nitrogens with zero attached hydrogens (tertiary/aromatic N) is 2. The molecule has 15 rings (SSSR count). The lowest BCUT2D eigenvalue weighted by molar-refractivity contribution is 1.18. The van der Waals surface area contributed by atoms with Gasteiger partial charge in [0.1, 0.15) is 0 Å². The van der Waals surface area contributed by atoms with Crippen molar-refractivity contribution in [2.75, 3.05) is 0 Å². The van der Waals surface area contributed by atoms with Gasteiger partial charge in [-0.15, -0.1) is 22.7 Å². The van der Waals surface area contributed by atoms with Crippen LogP contribution in [0.2, 0.25) is 0 Å². The smallest absolute Gasteiger partial charge is 0.0640 e. The number of rotatable bonds is 5. The largest absolute Gasteiger partial charge is 0.309 e.